The highest BCUT2D eigenvalue weighted by atomic mass is 32.2. The fourth-order valence-corrected chi connectivity index (χ4v) is 2.81. The van der Waals surface area contributed by atoms with Gasteiger partial charge in [0.05, 0.1) is 4.75 Å². The van der Waals surface area contributed by atoms with E-state index in [0.717, 1.165) is 11.8 Å². The Bertz CT molecular complexity index is 726. The third kappa shape index (κ3) is 5.76. The number of thioether (sulfide) groups is 1. The van der Waals surface area contributed by atoms with Gasteiger partial charge in [0.1, 0.15) is 5.76 Å². The van der Waals surface area contributed by atoms with Crippen LogP contribution in [0.15, 0.2) is 10.6 Å². The van der Waals surface area contributed by atoms with Crippen LogP contribution in [0, 0.1) is 6.92 Å². The summed E-state index contributed by atoms with van der Waals surface area (Å²) in [6, 6.07) is 1.66. The zero-order valence-corrected chi connectivity index (χ0v) is 14.7. The first-order chi connectivity index (χ1) is 11.6. The van der Waals surface area contributed by atoms with Crippen molar-refractivity contribution in [2.75, 3.05) is 11.1 Å². The number of H-pyrrole nitrogens is 1. The van der Waals surface area contributed by atoms with Gasteiger partial charge >= 0.3 is 6.18 Å². The number of amides is 1. The first-order valence-corrected chi connectivity index (χ1v) is 8.44. The highest BCUT2D eigenvalue weighted by Crippen LogP contribution is 2.29. The molecule has 2 heterocycles. The molecule has 2 aromatic rings. The molecule has 0 saturated carbocycles. The SMILES string of the molecule is Cc1cc(-c2nc(NC(=O)C(C)(C)SCCCC(F)(F)F)n[nH]2)no1. The number of hydrogen-bond acceptors (Lipinski definition) is 6. The van der Waals surface area contributed by atoms with Gasteiger partial charge in [0, 0.05) is 12.5 Å². The molecule has 0 atom stereocenters. The number of halogens is 3. The number of hydrogen-bond donors (Lipinski definition) is 2. The Labute approximate surface area is 146 Å². The lowest BCUT2D eigenvalue weighted by Crippen LogP contribution is -2.34. The summed E-state index contributed by atoms with van der Waals surface area (Å²) in [5, 5.41) is 12.8. The Hall–Kier alpha value is -2.04. The van der Waals surface area contributed by atoms with Crippen LogP contribution in [0.2, 0.25) is 0 Å². The summed E-state index contributed by atoms with van der Waals surface area (Å²) < 4.78 is 40.4. The molecule has 0 spiro atoms. The van der Waals surface area contributed by atoms with Crippen LogP contribution in [0.25, 0.3) is 11.5 Å². The van der Waals surface area contributed by atoms with E-state index in [1.807, 2.05) is 0 Å². The minimum atomic E-state index is -4.18. The Morgan fingerprint density at radius 1 is 1.40 bits per heavy atom. The van der Waals surface area contributed by atoms with Crippen molar-refractivity contribution in [1.82, 2.24) is 20.3 Å². The number of aromatic amines is 1. The second-order valence-corrected chi connectivity index (χ2v) is 7.58. The van der Waals surface area contributed by atoms with Gasteiger partial charge in [-0.15, -0.1) is 16.9 Å². The topological polar surface area (TPSA) is 96.7 Å². The largest absolute Gasteiger partial charge is 0.389 e. The Morgan fingerprint density at radius 2 is 2.12 bits per heavy atom. The third-order valence-corrected chi connectivity index (χ3v) is 4.60. The summed E-state index contributed by atoms with van der Waals surface area (Å²) in [6.45, 7) is 5.00. The highest BCUT2D eigenvalue weighted by Gasteiger charge is 2.31. The lowest BCUT2D eigenvalue weighted by Gasteiger charge is -2.22. The molecule has 0 radical (unpaired) electrons. The number of carbonyl (C=O) groups is 1. The summed E-state index contributed by atoms with van der Waals surface area (Å²) in [5.41, 5.74) is 0.450. The second kappa shape index (κ2) is 7.46. The summed E-state index contributed by atoms with van der Waals surface area (Å²) in [6.07, 6.45) is -5.08. The summed E-state index contributed by atoms with van der Waals surface area (Å²) in [4.78, 5) is 16.4. The number of alkyl halides is 3. The van der Waals surface area contributed by atoms with Crippen molar-refractivity contribution in [2.45, 2.75) is 44.5 Å². The van der Waals surface area contributed by atoms with E-state index in [1.54, 1.807) is 26.8 Å². The standard InChI is InChI=1S/C14H18F3N5O2S/c1-8-7-9(22-24-8)10-18-12(21-20-10)19-11(23)13(2,3)25-6-4-5-14(15,16)17/h7H,4-6H2,1-3H3,(H2,18,19,20,21,23). The van der Waals surface area contributed by atoms with E-state index in [0.29, 0.717) is 17.3 Å². The van der Waals surface area contributed by atoms with Crippen LogP contribution in [-0.2, 0) is 4.79 Å². The van der Waals surface area contributed by atoms with Gasteiger partial charge in [-0.1, -0.05) is 5.16 Å². The zero-order valence-electron chi connectivity index (χ0n) is 13.9. The van der Waals surface area contributed by atoms with Gasteiger partial charge in [-0.25, -0.2) is 0 Å². The van der Waals surface area contributed by atoms with E-state index < -0.39 is 23.3 Å². The fraction of sp³-hybridized carbons (Fsp3) is 0.571. The lowest BCUT2D eigenvalue weighted by molar-refractivity contribution is -0.134. The van der Waals surface area contributed by atoms with Gasteiger partial charge in [0.15, 0.2) is 11.5 Å². The molecule has 0 fully saturated rings. The van der Waals surface area contributed by atoms with Crippen LogP contribution < -0.4 is 5.32 Å². The van der Waals surface area contributed by atoms with Crippen LogP contribution in [0.5, 0.6) is 0 Å². The van der Waals surface area contributed by atoms with E-state index in [4.69, 9.17) is 4.52 Å². The lowest BCUT2D eigenvalue weighted by atomic mass is 10.2. The Balaban J connectivity index is 1.89. The first kappa shape index (κ1) is 19.3. The maximum atomic E-state index is 12.3. The van der Waals surface area contributed by atoms with Crippen molar-refractivity contribution in [2.24, 2.45) is 0 Å². The molecule has 1 amide bonds. The second-order valence-electron chi connectivity index (χ2n) is 5.86. The highest BCUT2D eigenvalue weighted by molar-refractivity contribution is 8.01. The van der Waals surface area contributed by atoms with Gasteiger partial charge < -0.3 is 4.52 Å². The average molecular weight is 377 g/mol. The van der Waals surface area contributed by atoms with Gasteiger partial charge in [-0.05, 0) is 32.9 Å². The van der Waals surface area contributed by atoms with Crippen molar-refractivity contribution in [3.63, 3.8) is 0 Å². The molecule has 2 aromatic heterocycles. The number of anilines is 1. The minimum Gasteiger partial charge on any atom is -0.361 e. The summed E-state index contributed by atoms with van der Waals surface area (Å²) in [7, 11) is 0. The van der Waals surface area contributed by atoms with Crippen LogP contribution in [0.1, 0.15) is 32.4 Å². The molecule has 2 rings (SSSR count). The van der Waals surface area contributed by atoms with Gasteiger partial charge in [0.2, 0.25) is 11.9 Å². The number of nitrogens with one attached hydrogen (secondary N) is 2. The number of carbonyl (C=O) groups excluding carboxylic acids is 1. The molecule has 7 nitrogen and oxygen atoms in total. The number of nitrogens with zero attached hydrogens (tertiary/aromatic N) is 3. The first-order valence-electron chi connectivity index (χ1n) is 7.45. The molecule has 25 heavy (non-hydrogen) atoms. The Morgan fingerprint density at radius 3 is 2.72 bits per heavy atom. The van der Waals surface area contributed by atoms with Crippen LogP contribution in [-0.4, -0.2) is 42.9 Å². The van der Waals surface area contributed by atoms with Gasteiger partial charge in [0.25, 0.3) is 0 Å². The monoisotopic (exact) mass is 377 g/mol. The molecule has 0 unspecified atom stereocenters. The summed E-state index contributed by atoms with van der Waals surface area (Å²) in [5.74, 6) is 0.823. The number of aryl methyl sites for hydroxylation is 1. The molecule has 2 N–H and O–H groups in total. The maximum absolute atomic E-state index is 12.3. The van der Waals surface area contributed by atoms with E-state index in [1.165, 1.54) is 0 Å². The van der Waals surface area contributed by atoms with Crippen molar-refractivity contribution >= 4 is 23.6 Å². The van der Waals surface area contributed by atoms with E-state index in [9.17, 15) is 18.0 Å². The third-order valence-electron chi connectivity index (χ3n) is 3.20. The summed E-state index contributed by atoms with van der Waals surface area (Å²) >= 11 is 1.15. The molecule has 0 bridgehead atoms. The quantitative estimate of drug-likeness (QED) is 0.716. The van der Waals surface area contributed by atoms with Crippen LogP contribution in [0.3, 0.4) is 0 Å². The van der Waals surface area contributed by atoms with Crippen molar-refractivity contribution in [1.29, 1.82) is 0 Å². The molecular weight excluding hydrogens is 359 g/mol. The molecular formula is C14H18F3N5O2S. The van der Waals surface area contributed by atoms with Crippen LogP contribution >= 0.6 is 11.8 Å². The minimum absolute atomic E-state index is 0.0405. The smallest absolute Gasteiger partial charge is 0.361 e. The molecule has 0 aliphatic rings. The van der Waals surface area contributed by atoms with Crippen LogP contribution in [0.4, 0.5) is 19.1 Å². The predicted octanol–water partition coefficient (Wildman–Crippen LogP) is 3.56. The number of aromatic nitrogens is 4. The van der Waals surface area contributed by atoms with Crippen molar-refractivity contribution in [3.8, 4) is 11.5 Å². The molecule has 0 aromatic carbocycles. The predicted molar refractivity (Wildman–Crippen MR) is 87.1 cm³/mol. The van der Waals surface area contributed by atoms with Crippen molar-refractivity contribution in [3.05, 3.63) is 11.8 Å². The molecule has 0 aliphatic heterocycles. The average Bonchev–Trinajstić information content (AvgIpc) is 3.11. The van der Waals surface area contributed by atoms with Gasteiger partial charge in [-0.2, -0.15) is 18.2 Å². The normalized spacial score (nSPS) is 12.4. The zero-order chi connectivity index (χ0) is 18.7. The fourth-order valence-electron chi connectivity index (χ4n) is 1.83. The molecule has 138 valence electrons. The van der Waals surface area contributed by atoms with E-state index in [-0.39, 0.29) is 18.1 Å². The molecule has 11 heteroatoms. The molecule has 0 aliphatic carbocycles. The number of rotatable bonds is 7. The van der Waals surface area contributed by atoms with E-state index in [2.05, 4.69) is 25.7 Å². The van der Waals surface area contributed by atoms with Gasteiger partial charge in [-0.3, -0.25) is 15.2 Å². The molecule has 0 saturated heterocycles. The van der Waals surface area contributed by atoms with E-state index >= 15 is 0 Å². The van der Waals surface area contributed by atoms with Crippen molar-refractivity contribution < 1.29 is 22.5 Å². The maximum Gasteiger partial charge on any atom is 0.389 e. The Kier molecular flexibility index (Phi) is 5.76.